The van der Waals surface area contributed by atoms with Gasteiger partial charge in [0.15, 0.2) is 0 Å². The number of halogens is 1. The molecule has 5 heteroatoms. The lowest BCUT2D eigenvalue weighted by Gasteiger charge is -2.10. The molecule has 0 aromatic heterocycles. The number of aliphatic hydroxyl groups excluding tert-OH is 2. The SMILES string of the molecule is N#CC1(F)CC(O)C(CO)O1. The molecule has 4 nitrogen and oxygen atoms in total. The van der Waals surface area contributed by atoms with Crippen molar-refractivity contribution in [2.24, 2.45) is 0 Å². The molecule has 0 radical (unpaired) electrons. The molecular weight excluding hydrogens is 153 g/mol. The van der Waals surface area contributed by atoms with Gasteiger partial charge in [0.2, 0.25) is 0 Å². The van der Waals surface area contributed by atoms with Gasteiger partial charge in [-0.3, -0.25) is 0 Å². The van der Waals surface area contributed by atoms with Gasteiger partial charge in [-0.15, -0.1) is 0 Å². The van der Waals surface area contributed by atoms with Crippen molar-refractivity contribution in [3.05, 3.63) is 0 Å². The van der Waals surface area contributed by atoms with Crippen LogP contribution in [0.4, 0.5) is 4.39 Å². The molecule has 62 valence electrons. The number of hydrogen-bond donors (Lipinski definition) is 2. The Bertz CT molecular complexity index is 193. The predicted octanol–water partition coefficient (Wildman–Crippen LogP) is -0.682. The van der Waals surface area contributed by atoms with Crippen LogP contribution >= 0.6 is 0 Å². The van der Waals surface area contributed by atoms with Crippen molar-refractivity contribution in [1.29, 1.82) is 5.26 Å². The summed E-state index contributed by atoms with van der Waals surface area (Å²) in [7, 11) is 0. The highest BCUT2D eigenvalue weighted by molar-refractivity contribution is 5.01. The van der Waals surface area contributed by atoms with Gasteiger partial charge >= 0.3 is 0 Å². The molecule has 1 saturated heterocycles. The molecule has 1 aliphatic rings. The Kier molecular flexibility index (Phi) is 2.09. The molecule has 2 N–H and O–H groups in total. The maximum absolute atomic E-state index is 12.9. The van der Waals surface area contributed by atoms with Gasteiger partial charge < -0.3 is 14.9 Å². The van der Waals surface area contributed by atoms with Crippen molar-refractivity contribution in [3.63, 3.8) is 0 Å². The van der Waals surface area contributed by atoms with E-state index < -0.39 is 31.1 Å². The van der Waals surface area contributed by atoms with Crippen LogP contribution in [0.15, 0.2) is 0 Å². The first-order valence-corrected chi connectivity index (χ1v) is 3.18. The monoisotopic (exact) mass is 161 g/mol. The second-order valence-electron chi connectivity index (χ2n) is 2.45. The number of nitriles is 1. The number of nitrogens with zero attached hydrogens (tertiary/aromatic N) is 1. The molecule has 0 aliphatic carbocycles. The summed E-state index contributed by atoms with van der Waals surface area (Å²) >= 11 is 0. The van der Waals surface area contributed by atoms with E-state index >= 15 is 0 Å². The standard InChI is InChI=1S/C6H8FNO3/c7-6(3-8)1-4(10)5(2-9)11-6/h4-5,9-10H,1-2H2. The van der Waals surface area contributed by atoms with Gasteiger partial charge in [-0.2, -0.15) is 9.65 Å². The predicted molar refractivity (Wildman–Crippen MR) is 32.0 cm³/mol. The van der Waals surface area contributed by atoms with Crippen molar-refractivity contribution in [1.82, 2.24) is 0 Å². The summed E-state index contributed by atoms with van der Waals surface area (Å²) in [6, 6.07) is 1.27. The third kappa shape index (κ3) is 1.48. The first-order chi connectivity index (χ1) is 5.11. The van der Waals surface area contributed by atoms with Crippen LogP contribution in [-0.4, -0.2) is 34.9 Å². The molecule has 3 atom stereocenters. The van der Waals surface area contributed by atoms with Crippen LogP contribution < -0.4 is 0 Å². The minimum absolute atomic E-state index is 0.394. The molecule has 0 spiro atoms. The lowest BCUT2D eigenvalue weighted by molar-refractivity contribution is -0.109. The van der Waals surface area contributed by atoms with Gasteiger partial charge in [-0.05, 0) is 0 Å². The Morgan fingerprint density at radius 1 is 1.82 bits per heavy atom. The van der Waals surface area contributed by atoms with E-state index in [1.54, 1.807) is 0 Å². The molecule has 1 fully saturated rings. The van der Waals surface area contributed by atoms with E-state index in [2.05, 4.69) is 4.74 Å². The highest BCUT2D eigenvalue weighted by Crippen LogP contribution is 2.30. The topological polar surface area (TPSA) is 73.5 Å². The fraction of sp³-hybridized carbons (Fsp3) is 0.833. The van der Waals surface area contributed by atoms with Crippen LogP contribution in [0.3, 0.4) is 0 Å². The fourth-order valence-electron chi connectivity index (χ4n) is 0.998. The third-order valence-corrected chi connectivity index (χ3v) is 1.59. The maximum Gasteiger partial charge on any atom is 0.300 e. The Hall–Kier alpha value is -0.700. The van der Waals surface area contributed by atoms with Crippen LogP contribution in [0.25, 0.3) is 0 Å². The fourth-order valence-corrected chi connectivity index (χ4v) is 0.998. The maximum atomic E-state index is 12.9. The summed E-state index contributed by atoms with van der Waals surface area (Å²) in [5.41, 5.74) is 0. The van der Waals surface area contributed by atoms with Crippen LogP contribution in [0.2, 0.25) is 0 Å². The zero-order valence-electron chi connectivity index (χ0n) is 5.70. The van der Waals surface area contributed by atoms with Crippen LogP contribution in [0.5, 0.6) is 0 Å². The van der Waals surface area contributed by atoms with E-state index in [1.165, 1.54) is 6.07 Å². The van der Waals surface area contributed by atoms with Crippen molar-refractivity contribution in [3.8, 4) is 6.07 Å². The number of hydrogen-bond acceptors (Lipinski definition) is 4. The van der Waals surface area contributed by atoms with Gasteiger partial charge in [-0.25, -0.2) is 0 Å². The number of aliphatic hydroxyl groups is 2. The molecule has 1 rings (SSSR count). The minimum Gasteiger partial charge on any atom is -0.394 e. The first-order valence-electron chi connectivity index (χ1n) is 3.18. The molecule has 3 unspecified atom stereocenters. The first kappa shape index (κ1) is 8.40. The van der Waals surface area contributed by atoms with Gasteiger partial charge in [0.1, 0.15) is 12.2 Å². The summed E-state index contributed by atoms with van der Waals surface area (Å²) in [6.45, 7) is -0.478. The molecule has 0 amide bonds. The van der Waals surface area contributed by atoms with Crippen molar-refractivity contribution in [2.75, 3.05) is 6.61 Å². The highest BCUT2D eigenvalue weighted by Gasteiger charge is 2.46. The molecule has 0 bridgehead atoms. The number of rotatable bonds is 1. The molecular formula is C6H8FNO3. The normalized spacial score (nSPS) is 43.8. The highest BCUT2D eigenvalue weighted by atomic mass is 19.2. The Balaban J connectivity index is 2.64. The van der Waals surface area contributed by atoms with E-state index in [1.807, 2.05) is 0 Å². The van der Waals surface area contributed by atoms with Crippen molar-refractivity contribution < 1.29 is 19.3 Å². The van der Waals surface area contributed by atoms with Gasteiger partial charge in [0.25, 0.3) is 5.85 Å². The zero-order valence-corrected chi connectivity index (χ0v) is 5.70. The molecule has 0 aromatic rings. The number of alkyl halides is 1. The molecule has 0 aromatic carbocycles. The largest absolute Gasteiger partial charge is 0.394 e. The minimum atomic E-state index is -2.42. The lowest BCUT2D eigenvalue weighted by Crippen LogP contribution is -2.25. The lowest BCUT2D eigenvalue weighted by atomic mass is 10.1. The Morgan fingerprint density at radius 2 is 2.45 bits per heavy atom. The Labute approximate surface area is 62.8 Å². The molecule has 1 heterocycles. The number of ether oxygens (including phenoxy) is 1. The van der Waals surface area contributed by atoms with Crippen LogP contribution in [0, 0.1) is 11.3 Å². The summed E-state index contributed by atoms with van der Waals surface area (Å²) in [5.74, 6) is -2.42. The van der Waals surface area contributed by atoms with E-state index in [0.717, 1.165) is 0 Å². The second kappa shape index (κ2) is 2.74. The van der Waals surface area contributed by atoms with E-state index in [9.17, 15) is 4.39 Å². The summed E-state index contributed by atoms with van der Waals surface area (Å²) in [4.78, 5) is 0. The van der Waals surface area contributed by atoms with Gasteiger partial charge in [-0.1, -0.05) is 0 Å². The average Bonchev–Trinajstić information content (AvgIpc) is 2.27. The second-order valence-corrected chi connectivity index (χ2v) is 2.45. The van der Waals surface area contributed by atoms with E-state index in [-0.39, 0.29) is 0 Å². The van der Waals surface area contributed by atoms with Crippen LogP contribution in [0.1, 0.15) is 6.42 Å². The van der Waals surface area contributed by atoms with Crippen molar-refractivity contribution >= 4 is 0 Å². The molecule has 1 aliphatic heterocycles. The van der Waals surface area contributed by atoms with E-state index in [4.69, 9.17) is 15.5 Å². The zero-order chi connectivity index (χ0) is 8.48. The van der Waals surface area contributed by atoms with Gasteiger partial charge in [0, 0.05) is 6.42 Å². The van der Waals surface area contributed by atoms with Crippen LogP contribution in [-0.2, 0) is 4.74 Å². The summed E-state index contributed by atoms with van der Waals surface area (Å²) in [6.07, 6.45) is -2.46. The summed E-state index contributed by atoms with van der Waals surface area (Å²) in [5, 5.41) is 25.7. The summed E-state index contributed by atoms with van der Waals surface area (Å²) < 4.78 is 17.3. The molecule has 0 saturated carbocycles. The Morgan fingerprint density at radius 3 is 2.73 bits per heavy atom. The third-order valence-electron chi connectivity index (χ3n) is 1.59. The smallest absolute Gasteiger partial charge is 0.300 e. The average molecular weight is 161 g/mol. The quantitative estimate of drug-likeness (QED) is 0.534. The van der Waals surface area contributed by atoms with E-state index in [0.29, 0.717) is 0 Å². The molecule has 11 heavy (non-hydrogen) atoms. The van der Waals surface area contributed by atoms with Gasteiger partial charge in [0.05, 0.1) is 12.7 Å². The van der Waals surface area contributed by atoms with Crippen molar-refractivity contribution in [2.45, 2.75) is 24.5 Å².